The molecule has 6 aromatic rings. The van der Waals surface area contributed by atoms with Crippen LogP contribution >= 0.6 is 0 Å². The van der Waals surface area contributed by atoms with Crippen LogP contribution in [0.1, 0.15) is 48.6 Å². The van der Waals surface area contributed by atoms with E-state index in [4.69, 9.17) is 4.74 Å². The van der Waals surface area contributed by atoms with Gasteiger partial charge >= 0.3 is 5.97 Å². The van der Waals surface area contributed by atoms with E-state index in [0.29, 0.717) is 11.3 Å². The van der Waals surface area contributed by atoms with E-state index in [1.54, 1.807) is 6.92 Å². The number of esters is 1. The zero-order valence-corrected chi connectivity index (χ0v) is 29.8. The van der Waals surface area contributed by atoms with Crippen LogP contribution in [0.25, 0.3) is 0 Å². The molecule has 0 heterocycles. The van der Waals surface area contributed by atoms with Crippen molar-refractivity contribution in [2.24, 2.45) is 0 Å². The predicted octanol–water partition coefficient (Wildman–Crippen LogP) is 12.4. The van der Waals surface area contributed by atoms with Gasteiger partial charge in [0.25, 0.3) is 0 Å². The summed E-state index contributed by atoms with van der Waals surface area (Å²) in [5, 5.41) is 0. The van der Waals surface area contributed by atoms with E-state index in [-0.39, 0.29) is 5.41 Å². The molecule has 0 spiro atoms. The largest absolute Gasteiger partial charge is 0.423 e. The van der Waals surface area contributed by atoms with E-state index >= 15 is 0 Å². The van der Waals surface area contributed by atoms with Crippen molar-refractivity contribution in [1.29, 1.82) is 0 Å². The lowest BCUT2D eigenvalue weighted by Crippen LogP contribution is -2.19. The smallest absolute Gasteiger partial charge is 0.338 e. The Hall–Kier alpha value is -5.87. The van der Waals surface area contributed by atoms with Crippen LogP contribution in [-0.4, -0.2) is 5.97 Å². The first-order chi connectivity index (χ1) is 24.0. The van der Waals surface area contributed by atoms with Crippen molar-refractivity contribution < 1.29 is 9.53 Å². The summed E-state index contributed by atoms with van der Waals surface area (Å²) >= 11 is 0. The molecule has 50 heavy (non-hydrogen) atoms. The van der Waals surface area contributed by atoms with Gasteiger partial charge in [0.1, 0.15) is 5.75 Å². The molecule has 4 nitrogen and oxygen atoms in total. The maximum Gasteiger partial charge on any atom is 0.338 e. The van der Waals surface area contributed by atoms with Crippen molar-refractivity contribution in [3.63, 3.8) is 0 Å². The topological polar surface area (TPSA) is 32.8 Å². The number of nitrogens with zero attached hydrogens (tertiary/aromatic N) is 2. The molecule has 250 valence electrons. The van der Waals surface area contributed by atoms with Gasteiger partial charge < -0.3 is 14.5 Å². The zero-order chi connectivity index (χ0) is 35.4. The van der Waals surface area contributed by atoms with Gasteiger partial charge in [-0.05, 0) is 124 Å². The Kier molecular flexibility index (Phi) is 9.74. The molecule has 0 unspecified atom stereocenters. The molecule has 0 bridgehead atoms. The van der Waals surface area contributed by atoms with E-state index in [0.717, 1.165) is 34.1 Å². The second kappa shape index (κ2) is 14.3. The first kappa shape index (κ1) is 34.0. The molecule has 0 aliphatic carbocycles. The van der Waals surface area contributed by atoms with Crippen LogP contribution in [0.5, 0.6) is 5.75 Å². The van der Waals surface area contributed by atoms with E-state index < -0.39 is 5.97 Å². The van der Waals surface area contributed by atoms with Crippen molar-refractivity contribution in [2.75, 3.05) is 9.80 Å². The molecule has 0 N–H and O–H groups in total. The highest BCUT2D eigenvalue weighted by Crippen LogP contribution is 2.40. The number of carbonyl (C=O) groups is 1. The second-order valence-electron chi connectivity index (χ2n) is 13.6. The third-order valence-corrected chi connectivity index (χ3v) is 9.22. The molecule has 4 heteroatoms. The summed E-state index contributed by atoms with van der Waals surface area (Å²) in [4.78, 5) is 16.6. The number of hydrogen-bond donors (Lipinski definition) is 0. The van der Waals surface area contributed by atoms with Gasteiger partial charge in [-0.1, -0.05) is 97.8 Å². The molecular formula is C46H44N2O2. The lowest BCUT2D eigenvalue weighted by molar-refractivity contribution is -0.130. The Morgan fingerprint density at radius 1 is 0.480 bits per heavy atom. The summed E-state index contributed by atoms with van der Waals surface area (Å²) in [6, 6.07) is 51.2. The minimum atomic E-state index is -0.434. The van der Waals surface area contributed by atoms with E-state index in [1.807, 2.05) is 24.3 Å². The zero-order valence-electron chi connectivity index (χ0n) is 29.8. The number of anilines is 6. The minimum absolute atomic E-state index is 0.237. The van der Waals surface area contributed by atoms with Crippen LogP contribution in [0.2, 0.25) is 0 Å². The summed E-state index contributed by atoms with van der Waals surface area (Å²) in [5.74, 6) is 0.0467. The number of benzene rings is 6. The number of aryl methyl sites for hydroxylation is 3. The third kappa shape index (κ3) is 7.40. The number of rotatable bonds is 10. The van der Waals surface area contributed by atoms with Gasteiger partial charge in [0.15, 0.2) is 0 Å². The highest BCUT2D eigenvalue weighted by atomic mass is 16.5. The van der Waals surface area contributed by atoms with Crippen LogP contribution < -0.4 is 14.5 Å². The van der Waals surface area contributed by atoms with Gasteiger partial charge in [-0.2, -0.15) is 0 Å². The highest BCUT2D eigenvalue weighted by Gasteiger charge is 2.24. The van der Waals surface area contributed by atoms with Gasteiger partial charge in [-0.15, -0.1) is 0 Å². The third-order valence-electron chi connectivity index (χ3n) is 9.22. The van der Waals surface area contributed by atoms with Gasteiger partial charge in [0.2, 0.25) is 0 Å². The van der Waals surface area contributed by atoms with Crippen LogP contribution in [0.4, 0.5) is 34.1 Å². The number of carbonyl (C=O) groups excluding carboxylic acids is 1. The average molecular weight is 657 g/mol. The fourth-order valence-corrected chi connectivity index (χ4v) is 6.05. The molecule has 6 rings (SSSR count). The normalized spacial score (nSPS) is 11.2. The molecule has 0 saturated heterocycles. The van der Waals surface area contributed by atoms with Gasteiger partial charge in [0, 0.05) is 45.1 Å². The monoisotopic (exact) mass is 656 g/mol. The molecule has 0 radical (unpaired) electrons. The fraction of sp³-hybridized carbons (Fsp3) is 0.152. The van der Waals surface area contributed by atoms with Gasteiger partial charge in [-0.25, -0.2) is 4.79 Å². The van der Waals surface area contributed by atoms with Crippen molar-refractivity contribution in [1.82, 2.24) is 0 Å². The van der Waals surface area contributed by atoms with Crippen molar-refractivity contribution in [3.05, 3.63) is 186 Å². The summed E-state index contributed by atoms with van der Waals surface area (Å²) in [5.41, 5.74) is 12.6. The Bertz CT molecular complexity index is 2030. The molecule has 0 amide bonds. The molecule has 0 aliphatic heterocycles. The lowest BCUT2D eigenvalue weighted by Gasteiger charge is -2.30. The maximum absolute atomic E-state index is 12.1. The van der Waals surface area contributed by atoms with E-state index in [1.165, 1.54) is 27.8 Å². The number of hydrogen-bond acceptors (Lipinski definition) is 4. The number of ether oxygens (including phenoxy) is 1. The molecule has 0 saturated carbocycles. The average Bonchev–Trinajstić information content (AvgIpc) is 3.12. The van der Waals surface area contributed by atoms with Crippen LogP contribution in [0.3, 0.4) is 0 Å². The quantitative estimate of drug-likeness (QED) is 0.0834. The minimum Gasteiger partial charge on any atom is -0.423 e. The van der Waals surface area contributed by atoms with Crippen molar-refractivity contribution in [2.45, 2.75) is 47.0 Å². The SMILES string of the molecule is C=C(C)C(=O)Oc1ccc(N(c2ccc(C)cc2)c2ccc(C(C)(C)c3ccc(N(c4ccc(C)cc4)c4ccc(C)cc4)cc3)cc2)cc1. The first-order valence-electron chi connectivity index (χ1n) is 17.0. The van der Waals surface area contributed by atoms with Crippen molar-refractivity contribution in [3.8, 4) is 5.75 Å². The molecule has 6 aromatic carbocycles. The van der Waals surface area contributed by atoms with Gasteiger partial charge in [0.05, 0.1) is 0 Å². The Labute approximate surface area is 296 Å². The summed E-state index contributed by atoms with van der Waals surface area (Å²) in [6.45, 7) is 16.2. The van der Waals surface area contributed by atoms with Crippen molar-refractivity contribution >= 4 is 40.1 Å². The Morgan fingerprint density at radius 2 is 0.740 bits per heavy atom. The van der Waals surface area contributed by atoms with Crippen LogP contribution in [0.15, 0.2) is 158 Å². The second-order valence-corrected chi connectivity index (χ2v) is 13.6. The molecule has 0 aliphatic rings. The predicted molar refractivity (Wildman–Crippen MR) is 209 cm³/mol. The van der Waals surface area contributed by atoms with Crippen LogP contribution in [-0.2, 0) is 10.2 Å². The van der Waals surface area contributed by atoms with E-state index in [2.05, 4.69) is 172 Å². The fourth-order valence-electron chi connectivity index (χ4n) is 6.05. The maximum atomic E-state index is 12.1. The molecule has 0 aromatic heterocycles. The Balaban J connectivity index is 1.29. The van der Waals surface area contributed by atoms with Crippen LogP contribution in [0, 0.1) is 20.8 Å². The summed E-state index contributed by atoms with van der Waals surface area (Å²) in [6.07, 6.45) is 0. The molecule has 0 atom stereocenters. The van der Waals surface area contributed by atoms with Gasteiger partial charge in [-0.3, -0.25) is 0 Å². The lowest BCUT2D eigenvalue weighted by atomic mass is 9.78. The standard InChI is InChI=1S/C46H44N2O2/c1-32(2)45(49)50-44-30-28-43(29-31-44)48(40-22-12-35(5)13-23-40)42-26-16-37(17-27-42)46(6,7)36-14-24-41(25-15-36)47(38-18-8-33(3)9-19-38)39-20-10-34(4)11-21-39/h8-31H,1H2,2-7H3. The van der Waals surface area contributed by atoms with E-state index in [9.17, 15) is 4.79 Å². The summed E-state index contributed by atoms with van der Waals surface area (Å²) in [7, 11) is 0. The summed E-state index contributed by atoms with van der Waals surface area (Å²) < 4.78 is 5.45. The first-order valence-corrected chi connectivity index (χ1v) is 17.0. The molecular weight excluding hydrogens is 613 g/mol. The Morgan fingerprint density at radius 3 is 1.02 bits per heavy atom. The molecule has 0 fully saturated rings. The highest BCUT2D eigenvalue weighted by molar-refractivity contribution is 5.89.